The maximum atomic E-state index is 12.3. The Labute approximate surface area is 143 Å². The highest BCUT2D eigenvalue weighted by atomic mass is 32.2. The number of alkyl halides is 2. The van der Waals surface area contributed by atoms with Gasteiger partial charge < -0.3 is 14.8 Å². The first-order valence-corrected chi connectivity index (χ1v) is 8.08. The number of nitrogens with one attached hydrogen (secondary N) is 1. The molecule has 0 aliphatic rings. The van der Waals surface area contributed by atoms with Gasteiger partial charge in [0.2, 0.25) is 5.91 Å². The summed E-state index contributed by atoms with van der Waals surface area (Å²) in [6, 6.07) is 12.3. The van der Waals surface area contributed by atoms with Crippen LogP contribution in [0.25, 0.3) is 0 Å². The van der Waals surface area contributed by atoms with Gasteiger partial charge in [-0.05, 0) is 42.0 Å². The van der Waals surface area contributed by atoms with Gasteiger partial charge in [0.15, 0.2) is 11.5 Å². The van der Waals surface area contributed by atoms with Crippen LogP contribution in [0.1, 0.15) is 12.5 Å². The fourth-order valence-electron chi connectivity index (χ4n) is 2.00. The van der Waals surface area contributed by atoms with E-state index >= 15 is 0 Å². The van der Waals surface area contributed by atoms with Crippen molar-refractivity contribution in [1.82, 2.24) is 0 Å². The van der Waals surface area contributed by atoms with Crippen molar-refractivity contribution in [2.45, 2.75) is 24.2 Å². The van der Waals surface area contributed by atoms with Gasteiger partial charge in [-0.15, -0.1) is 11.8 Å². The van der Waals surface area contributed by atoms with Crippen LogP contribution >= 0.6 is 11.8 Å². The second-order valence-corrected chi connectivity index (χ2v) is 5.91. The molecule has 0 saturated heterocycles. The Morgan fingerprint density at radius 3 is 2.46 bits per heavy atom. The smallest absolute Gasteiger partial charge is 0.387 e. The lowest BCUT2D eigenvalue weighted by Crippen LogP contribution is -2.05. The van der Waals surface area contributed by atoms with Crippen LogP contribution in [-0.2, 0) is 10.5 Å². The van der Waals surface area contributed by atoms with Crippen molar-refractivity contribution in [2.75, 3.05) is 12.4 Å². The number of benzene rings is 2. The molecule has 0 heterocycles. The fourth-order valence-corrected chi connectivity index (χ4v) is 2.84. The highest BCUT2D eigenvalue weighted by Crippen LogP contribution is 2.32. The monoisotopic (exact) mass is 353 g/mol. The van der Waals surface area contributed by atoms with Crippen LogP contribution in [-0.4, -0.2) is 19.6 Å². The minimum Gasteiger partial charge on any atom is -0.493 e. The van der Waals surface area contributed by atoms with Crippen LogP contribution in [0.15, 0.2) is 47.4 Å². The third-order valence-corrected chi connectivity index (χ3v) is 4.11. The molecule has 7 heteroatoms. The zero-order valence-corrected chi connectivity index (χ0v) is 14.0. The summed E-state index contributed by atoms with van der Waals surface area (Å²) >= 11 is 1.58. The lowest BCUT2D eigenvalue weighted by atomic mass is 10.2. The van der Waals surface area contributed by atoms with Crippen LogP contribution in [0.4, 0.5) is 14.5 Å². The van der Waals surface area contributed by atoms with Crippen molar-refractivity contribution >= 4 is 23.4 Å². The number of methoxy groups -OCH3 is 1. The first kappa shape index (κ1) is 18.1. The number of ether oxygens (including phenoxy) is 2. The molecular weight excluding hydrogens is 336 g/mol. The number of thioether (sulfide) groups is 1. The molecule has 2 aromatic rings. The van der Waals surface area contributed by atoms with Gasteiger partial charge >= 0.3 is 6.61 Å². The molecule has 0 aliphatic carbocycles. The van der Waals surface area contributed by atoms with Crippen LogP contribution in [0.3, 0.4) is 0 Å². The van der Waals surface area contributed by atoms with Crippen molar-refractivity contribution in [3.05, 3.63) is 48.0 Å². The van der Waals surface area contributed by atoms with Gasteiger partial charge in [-0.25, -0.2) is 0 Å². The molecule has 2 aromatic carbocycles. The van der Waals surface area contributed by atoms with Crippen LogP contribution in [0.5, 0.6) is 11.5 Å². The standard InChI is InChI=1S/C17H17F2NO3S/c1-11(21)20-13-4-6-14(7-5-13)24-10-12-3-8-15(23-17(18)19)16(9-12)22-2/h3-9,17H,10H2,1-2H3,(H,20,21). The van der Waals surface area contributed by atoms with Crippen LogP contribution in [0.2, 0.25) is 0 Å². The maximum absolute atomic E-state index is 12.3. The number of halogens is 2. The van der Waals surface area contributed by atoms with Gasteiger partial charge in [0.25, 0.3) is 0 Å². The third-order valence-electron chi connectivity index (χ3n) is 3.02. The largest absolute Gasteiger partial charge is 0.493 e. The molecule has 0 atom stereocenters. The second kappa shape index (κ2) is 8.54. The van der Waals surface area contributed by atoms with E-state index < -0.39 is 6.61 Å². The van der Waals surface area contributed by atoms with E-state index in [4.69, 9.17) is 4.74 Å². The SMILES string of the molecule is COc1cc(CSc2ccc(NC(C)=O)cc2)ccc1OC(F)F. The summed E-state index contributed by atoms with van der Waals surface area (Å²) in [7, 11) is 1.41. The Morgan fingerprint density at radius 1 is 1.17 bits per heavy atom. The third kappa shape index (κ3) is 5.42. The summed E-state index contributed by atoms with van der Waals surface area (Å²) < 4.78 is 34.1. The number of anilines is 1. The normalized spacial score (nSPS) is 10.5. The quantitative estimate of drug-likeness (QED) is 0.742. The molecule has 0 bridgehead atoms. The molecule has 128 valence electrons. The van der Waals surface area contributed by atoms with Gasteiger partial charge in [-0.2, -0.15) is 8.78 Å². The predicted octanol–water partition coefficient (Wildman–Crippen LogP) is 4.55. The Balaban J connectivity index is 1.99. The summed E-state index contributed by atoms with van der Waals surface area (Å²) in [5, 5.41) is 2.70. The average molecular weight is 353 g/mol. The number of amides is 1. The van der Waals surface area contributed by atoms with Gasteiger partial charge in [0.05, 0.1) is 7.11 Å². The minimum absolute atomic E-state index is 0.0147. The predicted molar refractivity (Wildman–Crippen MR) is 89.9 cm³/mol. The van der Waals surface area contributed by atoms with E-state index in [0.29, 0.717) is 5.75 Å². The molecule has 0 aromatic heterocycles. The minimum atomic E-state index is -2.89. The molecule has 0 aliphatic heterocycles. The van der Waals surface area contributed by atoms with Gasteiger partial charge in [-0.1, -0.05) is 6.07 Å². The van der Waals surface area contributed by atoms with Crippen molar-refractivity contribution in [2.24, 2.45) is 0 Å². The Bertz CT molecular complexity index is 693. The Kier molecular flexibility index (Phi) is 6.43. The van der Waals surface area contributed by atoms with E-state index in [0.717, 1.165) is 16.1 Å². The first-order valence-electron chi connectivity index (χ1n) is 7.10. The molecule has 0 radical (unpaired) electrons. The van der Waals surface area contributed by atoms with E-state index in [1.807, 2.05) is 24.3 Å². The molecule has 24 heavy (non-hydrogen) atoms. The molecule has 2 rings (SSSR count). The molecular formula is C17H17F2NO3S. The zero-order valence-electron chi connectivity index (χ0n) is 13.2. The Morgan fingerprint density at radius 2 is 1.88 bits per heavy atom. The molecule has 4 nitrogen and oxygen atoms in total. The van der Waals surface area contributed by atoms with Crippen molar-refractivity contribution in [3.8, 4) is 11.5 Å². The van der Waals surface area contributed by atoms with E-state index in [-0.39, 0.29) is 17.4 Å². The number of carbonyl (C=O) groups excluding carboxylic acids is 1. The second-order valence-electron chi connectivity index (χ2n) is 4.86. The fraction of sp³-hybridized carbons (Fsp3) is 0.235. The Hall–Kier alpha value is -2.28. The molecule has 1 amide bonds. The number of hydrogen-bond acceptors (Lipinski definition) is 4. The summed E-state index contributed by atoms with van der Waals surface area (Å²) in [6.45, 7) is -1.43. The van der Waals surface area contributed by atoms with Crippen LogP contribution in [0, 0.1) is 0 Å². The summed E-state index contributed by atoms with van der Waals surface area (Å²) in [5.74, 6) is 0.814. The molecule has 0 saturated carbocycles. The zero-order chi connectivity index (χ0) is 17.5. The maximum Gasteiger partial charge on any atom is 0.387 e. The molecule has 0 unspecified atom stereocenters. The van der Waals surface area contributed by atoms with E-state index in [1.54, 1.807) is 23.9 Å². The lowest BCUT2D eigenvalue weighted by Gasteiger charge is -2.11. The van der Waals surface area contributed by atoms with Crippen LogP contribution < -0.4 is 14.8 Å². The average Bonchev–Trinajstić information content (AvgIpc) is 2.54. The highest BCUT2D eigenvalue weighted by Gasteiger charge is 2.11. The van der Waals surface area contributed by atoms with Crippen molar-refractivity contribution in [3.63, 3.8) is 0 Å². The molecule has 0 fully saturated rings. The van der Waals surface area contributed by atoms with E-state index in [9.17, 15) is 13.6 Å². The first-order chi connectivity index (χ1) is 11.5. The topological polar surface area (TPSA) is 47.6 Å². The van der Waals surface area contributed by atoms with Crippen molar-refractivity contribution < 1.29 is 23.0 Å². The van der Waals surface area contributed by atoms with E-state index in [1.165, 1.54) is 20.1 Å². The summed E-state index contributed by atoms with van der Waals surface area (Å²) in [6.07, 6.45) is 0. The number of hydrogen-bond donors (Lipinski definition) is 1. The number of carbonyl (C=O) groups is 1. The number of rotatable bonds is 7. The van der Waals surface area contributed by atoms with E-state index in [2.05, 4.69) is 10.1 Å². The van der Waals surface area contributed by atoms with Crippen molar-refractivity contribution in [1.29, 1.82) is 0 Å². The van der Waals surface area contributed by atoms with Gasteiger partial charge in [-0.3, -0.25) is 4.79 Å². The van der Waals surface area contributed by atoms with Gasteiger partial charge in [0, 0.05) is 23.3 Å². The lowest BCUT2D eigenvalue weighted by molar-refractivity contribution is -0.114. The highest BCUT2D eigenvalue weighted by molar-refractivity contribution is 7.98. The van der Waals surface area contributed by atoms with Gasteiger partial charge in [0.1, 0.15) is 0 Å². The summed E-state index contributed by atoms with van der Waals surface area (Å²) in [5.41, 5.74) is 1.66. The molecule has 1 N–H and O–H groups in total. The summed E-state index contributed by atoms with van der Waals surface area (Å²) in [4.78, 5) is 12.0. The molecule has 0 spiro atoms.